The predicted molar refractivity (Wildman–Crippen MR) is 92.1 cm³/mol. The van der Waals surface area contributed by atoms with Gasteiger partial charge in [0.2, 0.25) is 12.4 Å². The van der Waals surface area contributed by atoms with E-state index in [0.29, 0.717) is 5.69 Å². The second kappa shape index (κ2) is 8.34. The summed E-state index contributed by atoms with van der Waals surface area (Å²) >= 11 is 0. The van der Waals surface area contributed by atoms with Crippen LogP contribution in [0.25, 0.3) is 0 Å². The van der Waals surface area contributed by atoms with Crippen molar-refractivity contribution in [2.24, 2.45) is 11.5 Å². The number of nitrogens with one attached hydrogen (secondary N) is 2. The number of anilines is 3. The molecular weight excluding hydrogens is 330 g/mol. The van der Waals surface area contributed by atoms with E-state index in [2.05, 4.69) is 20.6 Å². The topological polar surface area (TPSA) is 119 Å². The molecule has 25 heavy (non-hydrogen) atoms. The lowest BCUT2D eigenvalue weighted by molar-refractivity contribution is 0.100. The Balaban J connectivity index is 2.15. The van der Waals surface area contributed by atoms with E-state index >= 15 is 0 Å². The molecule has 1 aromatic carbocycles. The van der Waals surface area contributed by atoms with Crippen LogP contribution >= 0.6 is 0 Å². The van der Waals surface area contributed by atoms with Gasteiger partial charge in [-0.1, -0.05) is 17.7 Å². The number of aromatic nitrogens is 2. The van der Waals surface area contributed by atoms with Gasteiger partial charge < -0.3 is 22.1 Å². The molecule has 1 atom stereocenters. The maximum Gasteiger partial charge on any atom is 0.254 e. The lowest BCUT2D eigenvalue weighted by atomic mass is 10.2. The number of primary amides is 1. The first kappa shape index (κ1) is 18.5. The van der Waals surface area contributed by atoms with Crippen LogP contribution in [-0.4, -0.2) is 34.9 Å². The maximum atomic E-state index is 12.3. The normalized spacial score (nSPS) is 12.0. The SMILES string of the molecule is Cc1ccc(Nc2nc(NC[C@@H](N)CC(F)F)ncc2C(N)=O)cc1. The molecule has 0 aliphatic carbocycles. The third-order valence-electron chi connectivity index (χ3n) is 3.37. The first-order chi connectivity index (χ1) is 11.8. The molecular formula is C16H20F2N6O. The Morgan fingerprint density at radius 1 is 1.28 bits per heavy atom. The zero-order valence-electron chi connectivity index (χ0n) is 13.7. The zero-order chi connectivity index (χ0) is 18.4. The van der Waals surface area contributed by atoms with Gasteiger partial charge in [0.1, 0.15) is 11.4 Å². The highest BCUT2D eigenvalue weighted by atomic mass is 19.3. The number of nitrogens with two attached hydrogens (primary N) is 2. The molecule has 0 radical (unpaired) electrons. The summed E-state index contributed by atoms with van der Waals surface area (Å²) in [5.74, 6) is -0.309. The number of amides is 1. The molecule has 0 aliphatic heterocycles. The summed E-state index contributed by atoms with van der Waals surface area (Å²) in [4.78, 5) is 19.7. The third kappa shape index (κ3) is 5.64. The molecule has 0 saturated carbocycles. The average Bonchev–Trinajstić information content (AvgIpc) is 2.54. The number of benzene rings is 1. The fourth-order valence-corrected chi connectivity index (χ4v) is 2.05. The van der Waals surface area contributed by atoms with E-state index in [4.69, 9.17) is 11.5 Å². The number of carbonyl (C=O) groups excluding carboxylic acids is 1. The van der Waals surface area contributed by atoms with Gasteiger partial charge in [-0.15, -0.1) is 0 Å². The Morgan fingerprint density at radius 3 is 2.56 bits per heavy atom. The summed E-state index contributed by atoms with van der Waals surface area (Å²) in [5.41, 5.74) is 12.8. The van der Waals surface area contributed by atoms with Crippen molar-refractivity contribution in [3.05, 3.63) is 41.6 Å². The smallest absolute Gasteiger partial charge is 0.254 e. The third-order valence-corrected chi connectivity index (χ3v) is 3.37. The highest BCUT2D eigenvalue weighted by molar-refractivity contribution is 5.98. The van der Waals surface area contributed by atoms with Crippen molar-refractivity contribution in [1.82, 2.24) is 9.97 Å². The largest absolute Gasteiger partial charge is 0.365 e. The molecule has 9 heteroatoms. The van der Waals surface area contributed by atoms with Gasteiger partial charge in [0.25, 0.3) is 5.91 Å². The number of alkyl halides is 2. The van der Waals surface area contributed by atoms with Crippen molar-refractivity contribution >= 4 is 23.4 Å². The molecule has 0 spiro atoms. The Labute approximate surface area is 143 Å². The zero-order valence-corrected chi connectivity index (χ0v) is 13.7. The van der Waals surface area contributed by atoms with Crippen molar-refractivity contribution in [2.45, 2.75) is 25.8 Å². The molecule has 2 rings (SSSR count). The highest BCUT2D eigenvalue weighted by Gasteiger charge is 2.14. The van der Waals surface area contributed by atoms with Crippen LogP contribution in [0.4, 0.5) is 26.2 Å². The van der Waals surface area contributed by atoms with Gasteiger partial charge >= 0.3 is 0 Å². The van der Waals surface area contributed by atoms with E-state index in [0.717, 1.165) is 5.56 Å². The predicted octanol–water partition coefficient (Wildman–Crippen LogP) is 2.02. The summed E-state index contributed by atoms with van der Waals surface area (Å²) in [6, 6.07) is 6.71. The minimum absolute atomic E-state index is 0.0736. The van der Waals surface area contributed by atoms with Gasteiger partial charge in [-0.05, 0) is 19.1 Å². The number of hydrogen-bond donors (Lipinski definition) is 4. The van der Waals surface area contributed by atoms with E-state index < -0.39 is 24.8 Å². The van der Waals surface area contributed by atoms with E-state index in [1.807, 2.05) is 31.2 Å². The summed E-state index contributed by atoms with van der Waals surface area (Å²) in [6.07, 6.45) is -1.64. The Bertz CT molecular complexity index is 723. The van der Waals surface area contributed by atoms with Gasteiger partial charge in [0.15, 0.2) is 0 Å². The van der Waals surface area contributed by atoms with Crippen LogP contribution in [0.3, 0.4) is 0 Å². The molecule has 1 heterocycles. The molecule has 1 aromatic heterocycles. The number of carbonyl (C=O) groups is 1. The van der Waals surface area contributed by atoms with Gasteiger partial charge in [-0.3, -0.25) is 4.79 Å². The monoisotopic (exact) mass is 350 g/mol. The van der Waals surface area contributed by atoms with Crippen LogP contribution < -0.4 is 22.1 Å². The van der Waals surface area contributed by atoms with Crippen molar-refractivity contribution < 1.29 is 13.6 Å². The molecule has 1 amide bonds. The van der Waals surface area contributed by atoms with Crippen molar-refractivity contribution in [3.63, 3.8) is 0 Å². The second-order valence-electron chi connectivity index (χ2n) is 5.58. The van der Waals surface area contributed by atoms with Crippen LogP contribution in [-0.2, 0) is 0 Å². The van der Waals surface area contributed by atoms with Gasteiger partial charge in [0, 0.05) is 30.9 Å². The van der Waals surface area contributed by atoms with Crippen LogP contribution in [0.1, 0.15) is 22.3 Å². The Kier molecular flexibility index (Phi) is 6.18. The van der Waals surface area contributed by atoms with E-state index in [-0.39, 0.29) is 23.9 Å². The van der Waals surface area contributed by atoms with Crippen LogP contribution in [0.5, 0.6) is 0 Å². The summed E-state index contributed by atoms with van der Waals surface area (Å²) in [5, 5.41) is 5.78. The number of halogens is 2. The molecule has 2 aromatic rings. The number of hydrogen-bond acceptors (Lipinski definition) is 6. The Morgan fingerprint density at radius 2 is 1.96 bits per heavy atom. The lowest BCUT2D eigenvalue weighted by Crippen LogP contribution is -2.31. The Hall–Kier alpha value is -2.81. The van der Waals surface area contributed by atoms with E-state index in [9.17, 15) is 13.6 Å². The standard InChI is InChI=1S/C16H20F2N6O/c1-9-2-4-11(5-3-9)23-15-12(14(20)25)8-22-16(24-15)21-7-10(19)6-13(17)18/h2-5,8,10,13H,6-7,19H2,1H3,(H2,20,25)(H2,21,22,23,24)/t10-/m0/s1. The summed E-state index contributed by atoms with van der Waals surface area (Å²) < 4.78 is 24.6. The van der Waals surface area contributed by atoms with Crippen LogP contribution in [0, 0.1) is 6.92 Å². The van der Waals surface area contributed by atoms with Gasteiger partial charge in [-0.2, -0.15) is 4.98 Å². The molecule has 0 aliphatic rings. The average molecular weight is 350 g/mol. The lowest BCUT2D eigenvalue weighted by Gasteiger charge is -2.14. The number of rotatable bonds is 8. The van der Waals surface area contributed by atoms with E-state index in [1.165, 1.54) is 6.20 Å². The van der Waals surface area contributed by atoms with Gasteiger partial charge in [-0.25, -0.2) is 13.8 Å². The quantitative estimate of drug-likeness (QED) is 0.578. The molecule has 134 valence electrons. The van der Waals surface area contributed by atoms with Crippen LogP contribution in [0.15, 0.2) is 30.5 Å². The first-order valence-electron chi connectivity index (χ1n) is 7.63. The first-order valence-corrected chi connectivity index (χ1v) is 7.63. The maximum absolute atomic E-state index is 12.3. The number of nitrogens with zero attached hydrogens (tertiary/aromatic N) is 2. The molecule has 0 bridgehead atoms. The second-order valence-corrected chi connectivity index (χ2v) is 5.58. The fraction of sp³-hybridized carbons (Fsp3) is 0.312. The molecule has 7 nitrogen and oxygen atoms in total. The fourth-order valence-electron chi connectivity index (χ4n) is 2.05. The molecule has 6 N–H and O–H groups in total. The minimum Gasteiger partial charge on any atom is -0.365 e. The van der Waals surface area contributed by atoms with E-state index in [1.54, 1.807) is 0 Å². The minimum atomic E-state index is -2.48. The number of aryl methyl sites for hydroxylation is 1. The van der Waals surface area contributed by atoms with Crippen molar-refractivity contribution in [2.75, 3.05) is 17.2 Å². The van der Waals surface area contributed by atoms with Crippen molar-refractivity contribution in [1.29, 1.82) is 0 Å². The van der Waals surface area contributed by atoms with Crippen LogP contribution in [0.2, 0.25) is 0 Å². The molecule has 0 unspecified atom stereocenters. The highest BCUT2D eigenvalue weighted by Crippen LogP contribution is 2.20. The van der Waals surface area contributed by atoms with Gasteiger partial charge in [0.05, 0.1) is 0 Å². The molecule has 0 saturated heterocycles. The molecule has 0 fully saturated rings. The summed E-state index contributed by atoms with van der Waals surface area (Å²) in [7, 11) is 0. The van der Waals surface area contributed by atoms with Crippen molar-refractivity contribution in [3.8, 4) is 0 Å². The summed E-state index contributed by atoms with van der Waals surface area (Å²) in [6.45, 7) is 2.03.